The highest BCUT2D eigenvalue weighted by Gasteiger charge is 2.34. The van der Waals surface area contributed by atoms with E-state index in [4.69, 9.17) is 0 Å². The van der Waals surface area contributed by atoms with Crippen molar-refractivity contribution in [1.29, 1.82) is 0 Å². The molecule has 3 rings (SSSR count). The lowest BCUT2D eigenvalue weighted by Crippen LogP contribution is -2.55. The fourth-order valence-corrected chi connectivity index (χ4v) is 4.56. The summed E-state index contributed by atoms with van der Waals surface area (Å²) in [7, 11) is 0. The van der Waals surface area contributed by atoms with Crippen molar-refractivity contribution in [3.63, 3.8) is 0 Å². The Morgan fingerprint density at radius 3 is 2.42 bits per heavy atom. The van der Waals surface area contributed by atoms with E-state index in [-0.39, 0.29) is 29.7 Å². The zero-order valence-corrected chi connectivity index (χ0v) is 19.2. The molecule has 2 heterocycles. The molecule has 1 fully saturated rings. The SMILES string of the molecule is CC[C@H](C)NC(=O)[C@H](NC(=O)c1ccccc1C)C1CCN(C(=O)c2cccs2)CC1. The van der Waals surface area contributed by atoms with Gasteiger partial charge in [-0.25, -0.2) is 0 Å². The number of hydrogen-bond acceptors (Lipinski definition) is 4. The highest BCUT2D eigenvalue weighted by atomic mass is 32.1. The van der Waals surface area contributed by atoms with Gasteiger partial charge in [-0.15, -0.1) is 11.3 Å². The van der Waals surface area contributed by atoms with Gasteiger partial charge in [0.15, 0.2) is 0 Å². The molecule has 0 unspecified atom stereocenters. The fraction of sp³-hybridized carbons (Fsp3) is 0.458. The quantitative estimate of drug-likeness (QED) is 0.689. The number of thiophene rings is 1. The normalized spacial score (nSPS) is 16.4. The smallest absolute Gasteiger partial charge is 0.263 e. The van der Waals surface area contributed by atoms with Gasteiger partial charge in [0.1, 0.15) is 6.04 Å². The average molecular weight is 442 g/mol. The highest BCUT2D eigenvalue weighted by molar-refractivity contribution is 7.12. The first-order valence-corrected chi connectivity index (χ1v) is 11.8. The number of piperidine rings is 1. The summed E-state index contributed by atoms with van der Waals surface area (Å²) in [5, 5.41) is 7.91. The summed E-state index contributed by atoms with van der Waals surface area (Å²) in [5.41, 5.74) is 1.45. The van der Waals surface area contributed by atoms with E-state index in [2.05, 4.69) is 10.6 Å². The van der Waals surface area contributed by atoms with Crippen molar-refractivity contribution in [2.45, 2.75) is 52.1 Å². The number of benzene rings is 1. The molecule has 1 saturated heterocycles. The molecule has 166 valence electrons. The first-order chi connectivity index (χ1) is 14.9. The van der Waals surface area contributed by atoms with Gasteiger partial charge in [-0.1, -0.05) is 31.2 Å². The molecule has 7 heteroatoms. The summed E-state index contributed by atoms with van der Waals surface area (Å²) in [4.78, 5) is 41.2. The van der Waals surface area contributed by atoms with E-state index in [1.165, 1.54) is 11.3 Å². The number of rotatable bonds is 7. The molecule has 6 nitrogen and oxygen atoms in total. The first-order valence-electron chi connectivity index (χ1n) is 10.9. The Kier molecular flexibility index (Phi) is 7.85. The zero-order chi connectivity index (χ0) is 22.4. The largest absolute Gasteiger partial charge is 0.352 e. The minimum atomic E-state index is -0.625. The Balaban J connectivity index is 1.71. The van der Waals surface area contributed by atoms with Crippen LogP contribution < -0.4 is 10.6 Å². The van der Waals surface area contributed by atoms with Crippen molar-refractivity contribution in [3.8, 4) is 0 Å². The number of hydrogen-bond donors (Lipinski definition) is 2. The maximum atomic E-state index is 13.1. The Hall–Kier alpha value is -2.67. The molecule has 2 N–H and O–H groups in total. The van der Waals surface area contributed by atoms with Gasteiger partial charge in [-0.3, -0.25) is 14.4 Å². The maximum Gasteiger partial charge on any atom is 0.263 e. The van der Waals surface area contributed by atoms with E-state index < -0.39 is 6.04 Å². The Labute approximate surface area is 188 Å². The van der Waals surface area contributed by atoms with Crippen LogP contribution in [-0.2, 0) is 4.79 Å². The highest BCUT2D eigenvalue weighted by Crippen LogP contribution is 2.24. The Morgan fingerprint density at radius 1 is 1.10 bits per heavy atom. The predicted molar refractivity (Wildman–Crippen MR) is 123 cm³/mol. The van der Waals surface area contributed by atoms with Gasteiger partial charge in [0.05, 0.1) is 4.88 Å². The molecule has 0 spiro atoms. The summed E-state index contributed by atoms with van der Waals surface area (Å²) >= 11 is 1.44. The van der Waals surface area contributed by atoms with Gasteiger partial charge in [-0.05, 0) is 62.1 Å². The van der Waals surface area contributed by atoms with Crippen molar-refractivity contribution < 1.29 is 14.4 Å². The topological polar surface area (TPSA) is 78.5 Å². The van der Waals surface area contributed by atoms with E-state index in [0.29, 0.717) is 31.5 Å². The number of amides is 3. The number of likely N-dealkylation sites (tertiary alicyclic amines) is 1. The zero-order valence-electron chi connectivity index (χ0n) is 18.4. The lowest BCUT2D eigenvalue weighted by molar-refractivity contribution is -0.125. The average Bonchev–Trinajstić information content (AvgIpc) is 3.32. The van der Waals surface area contributed by atoms with Crippen LogP contribution >= 0.6 is 11.3 Å². The molecular weight excluding hydrogens is 410 g/mol. The van der Waals surface area contributed by atoms with Crippen LogP contribution in [0.25, 0.3) is 0 Å². The van der Waals surface area contributed by atoms with Crippen LogP contribution in [-0.4, -0.2) is 47.8 Å². The number of carbonyl (C=O) groups is 3. The summed E-state index contributed by atoms with van der Waals surface area (Å²) in [6.45, 7) is 7.02. The van der Waals surface area contributed by atoms with Gasteiger partial charge in [0.2, 0.25) is 5.91 Å². The van der Waals surface area contributed by atoms with Crippen molar-refractivity contribution in [3.05, 3.63) is 57.8 Å². The number of nitrogens with zero attached hydrogens (tertiary/aromatic N) is 1. The number of aryl methyl sites for hydroxylation is 1. The van der Waals surface area contributed by atoms with Crippen LogP contribution in [0.15, 0.2) is 41.8 Å². The molecule has 3 amide bonds. The van der Waals surface area contributed by atoms with Gasteiger partial charge in [0.25, 0.3) is 11.8 Å². The minimum Gasteiger partial charge on any atom is -0.352 e. The van der Waals surface area contributed by atoms with Gasteiger partial charge < -0.3 is 15.5 Å². The standard InChI is InChI=1S/C24H31N3O3S/c1-4-17(3)25-23(29)21(26-22(28)19-9-6-5-8-16(19)2)18-11-13-27(14-12-18)24(30)20-10-7-15-31-20/h5-10,15,17-18,21H,4,11-14H2,1-3H3,(H,25,29)(H,26,28)/t17-,21+/m0/s1. The Morgan fingerprint density at radius 2 is 1.81 bits per heavy atom. The molecule has 1 aliphatic heterocycles. The molecular formula is C24H31N3O3S. The van der Waals surface area contributed by atoms with Gasteiger partial charge in [0, 0.05) is 24.7 Å². The second-order valence-corrected chi connectivity index (χ2v) is 9.14. The van der Waals surface area contributed by atoms with Crippen molar-refractivity contribution in [1.82, 2.24) is 15.5 Å². The second kappa shape index (κ2) is 10.6. The second-order valence-electron chi connectivity index (χ2n) is 8.19. The van der Waals surface area contributed by atoms with Crippen molar-refractivity contribution in [2.75, 3.05) is 13.1 Å². The lowest BCUT2D eigenvalue weighted by Gasteiger charge is -2.36. The van der Waals surface area contributed by atoms with Crippen LogP contribution in [0.5, 0.6) is 0 Å². The molecule has 31 heavy (non-hydrogen) atoms. The summed E-state index contributed by atoms with van der Waals surface area (Å²) in [5.74, 6) is -0.374. The number of carbonyl (C=O) groups excluding carboxylic acids is 3. The molecule has 0 bridgehead atoms. The predicted octanol–water partition coefficient (Wildman–Crippen LogP) is 3.62. The van der Waals surface area contributed by atoms with E-state index in [9.17, 15) is 14.4 Å². The molecule has 0 saturated carbocycles. The summed E-state index contributed by atoms with van der Waals surface area (Å²) in [6.07, 6.45) is 2.16. The van der Waals surface area contributed by atoms with E-state index in [0.717, 1.165) is 16.9 Å². The molecule has 0 aliphatic carbocycles. The lowest BCUT2D eigenvalue weighted by atomic mass is 9.88. The third-order valence-corrected chi connectivity index (χ3v) is 6.85. The van der Waals surface area contributed by atoms with Crippen LogP contribution in [0.4, 0.5) is 0 Å². The molecule has 0 radical (unpaired) electrons. The molecule has 1 aliphatic rings. The summed E-state index contributed by atoms with van der Waals surface area (Å²) in [6, 6.07) is 10.5. The number of nitrogens with one attached hydrogen (secondary N) is 2. The third kappa shape index (κ3) is 5.73. The van der Waals surface area contributed by atoms with Gasteiger partial charge in [-0.2, -0.15) is 0 Å². The van der Waals surface area contributed by atoms with Crippen molar-refractivity contribution in [2.24, 2.45) is 5.92 Å². The van der Waals surface area contributed by atoms with Crippen LogP contribution in [0.1, 0.15) is 58.7 Å². The monoisotopic (exact) mass is 441 g/mol. The van der Waals surface area contributed by atoms with E-state index in [1.54, 1.807) is 6.07 Å². The fourth-order valence-electron chi connectivity index (χ4n) is 3.87. The third-order valence-electron chi connectivity index (χ3n) is 5.99. The van der Waals surface area contributed by atoms with Gasteiger partial charge >= 0.3 is 0 Å². The molecule has 2 aromatic rings. The molecule has 2 atom stereocenters. The first kappa shape index (κ1) is 23.0. The molecule has 1 aromatic carbocycles. The molecule has 1 aromatic heterocycles. The van der Waals surface area contributed by atoms with Crippen LogP contribution in [0.2, 0.25) is 0 Å². The summed E-state index contributed by atoms with van der Waals surface area (Å²) < 4.78 is 0. The van der Waals surface area contributed by atoms with Crippen LogP contribution in [0.3, 0.4) is 0 Å². The maximum absolute atomic E-state index is 13.1. The minimum absolute atomic E-state index is 0.0237. The van der Waals surface area contributed by atoms with E-state index >= 15 is 0 Å². The Bertz CT molecular complexity index is 905. The van der Waals surface area contributed by atoms with Crippen molar-refractivity contribution >= 4 is 29.1 Å². The van der Waals surface area contributed by atoms with E-state index in [1.807, 2.05) is 61.4 Å². The van der Waals surface area contributed by atoms with Crippen LogP contribution in [0, 0.1) is 12.8 Å².